The number of thiophene rings is 1. The normalized spacial score (nSPS) is 11.4. The first kappa shape index (κ1) is 14.7. The van der Waals surface area contributed by atoms with E-state index in [1.54, 1.807) is 11.3 Å². The van der Waals surface area contributed by atoms with Gasteiger partial charge in [-0.15, -0.1) is 11.3 Å². The van der Waals surface area contributed by atoms with Crippen molar-refractivity contribution < 1.29 is 9.90 Å². The van der Waals surface area contributed by atoms with E-state index in [0.29, 0.717) is 18.4 Å². The first-order chi connectivity index (χ1) is 10.5. The molecule has 114 valence electrons. The Bertz CT molecular complexity index is 940. The molecule has 5 nitrogen and oxygen atoms in total. The molecule has 2 heterocycles. The van der Waals surface area contributed by atoms with E-state index in [0.717, 1.165) is 26.0 Å². The standard InChI is InChI=1S/C16H16N2O3S/c1-9-5-6-12-11(8-9)14-15(22-12)10(2)17-18(16(14)21)7-3-4-13(19)20/h5-6,8H,3-4,7H2,1-2H3,(H,19,20). The Kier molecular flexibility index (Phi) is 3.70. The number of nitrogens with zero attached hydrogens (tertiary/aromatic N) is 2. The smallest absolute Gasteiger partial charge is 0.303 e. The fraction of sp³-hybridized carbons (Fsp3) is 0.312. The van der Waals surface area contributed by atoms with Crippen molar-refractivity contribution >= 4 is 37.5 Å². The number of carboxylic acid groups (broad SMARTS) is 1. The molecule has 0 spiro atoms. The predicted octanol–water partition coefficient (Wildman–Crippen LogP) is 3.09. The van der Waals surface area contributed by atoms with Crippen molar-refractivity contribution in [3.63, 3.8) is 0 Å². The molecule has 0 aliphatic heterocycles. The summed E-state index contributed by atoms with van der Waals surface area (Å²) in [4.78, 5) is 23.3. The van der Waals surface area contributed by atoms with Gasteiger partial charge in [0.1, 0.15) is 0 Å². The second kappa shape index (κ2) is 5.53. The lowest BCUT2D eigenvalue weighted by Gasteiger charge is -2.05. The summed E-state index contributed by atoms with van der Waals surface area (Å²) in [5.41, 5.74) is 1.78. The van der Waals surface area contributed by atoms with E-state index in [-0.39, 0.29) is 12.0 Å². The number of hydrogen-bond acceptors (Lipinski definition) is 4. The summed E-state index contributed by atoms with van der Waals surface area (Å²) in [6.07, 6.45) is 0.434. The second-order valence-electron chi connectivity index (χ2n) is 5.42. The molecular weight excluding hydrogens is 300 g/mol. The van der Waals surface area contributed by atoms with E-state index in [9.17, 15) is 9.59 Å². The Morgan fingerprint density at radius 1 is 1.36 bits per heavy atom. The molecule has 0 radical (unpaired) electrons. The fourth-order valence-electron chi connectivity index (χ4n) is 2.61. The van der Waals surface area contributed by atoms with Crippen LogP contribution in [0.3, 0.4) is 0 Å². The van der Waals surface area contributed by atoms with Crippen molar-refractivity contribution in [2.75, 3.05) is 0 Å². The topological polar surface area (TPSA) is 72.2 Å². The number of hydrogen-bond donors (Lipinski definition) is 1. The van der Waals surface area contributed by atoms with Crippen LogP contribution in [0, 0.1) is 13.8 Å². The van der Waals surface area contributed by atoms with Crippen molar-refractivity contribution in [1.29, 1.82) is 0 Å². The van der Waals surface area contributed by atoms with Crippen LogP contribution in [0.1, 0.15) is 24.1 Å². The summed E-state index contributed by atoms with van der Waals surface area (Å²) < 4.78 is 3.39. The first-order valence-corrected chi connectivity index (χ1v) is 7.91. The Morgan fingerprint density at radius 2 is 2.14 bits per heavy atom. The van der Waals surface area contributed by atoms with Crippen molar-refractivity contribution in [2.24, 2.45) is 0 Å². The molecule has 0 aliphatic carbocycles. The molecule has 0 bridgehead atoms. The molecule has 0 aliphatic rings. The molecule has 22 heavy (non-hydrogen) atoms. The third-order valence-electron chi connectivity index (χ3n) is 3.65. The number of aryl methyl sites for hydroxylation is 3. The van der Waals surface area contributed by atoms with Crippen LogP contribution >= 0.6 is 11.3 Å². The Morgan fingerprint density at radius 3 is 2.86 bits per heavy atom. The van der Waals surface area contributed by atoms with E-state index in [1.165, 1.54) is 4.68 Å². The minimum atomic E-state index is -0.859. The van der Waals surface area contributed by atoms with Gasteiger partial charge >= 0.3 is 5.97 Å². The van der Waals surface area contributed by atoms with Crippen LogP contribution in [-0.2, 0) is 11.3 Å². The number of fused-ring (bicyclic) bond motifs is 3. The summed E-state index contributed by atoms with van der Waals surface area (Å²) in [6, 6.07) is 6.09. The second-order valence-corrected chi connectivity index (χ2v) is 6.47. The lowest BCUT2D eigenvalue weighted by Crippen LogP contribution is -2.24. The van der Waals surface area contributed by atoms with Crippen LogP contribution in [0.5, 0.6) is 0 Å². The highest BCUT2D eigenvalue weighted by atomic mass is 32.1. The number of benzene rings is 1. The molecule has 3 aromatic rings. The van der Waals surface area contributed by atoms with Gasteiger partial charge in [-0.05, 0) is 32.4 Å². The van der Waals surface area contributed by atoms with E-state index >= 15 is 0 Å². The van der Waals surface area contributed by atoms with Gasteiger partial charge in [0, 0.05) is 23.1 Å². The summed E-state index contributed by atoms with van der Waals surface area (Å²) in [6.45, 7) is 4.21. The molecule has 3 rings (SSSR count). The average molecular weight is 316 g/mol. The minimum Gasteiger partial charge on any atom is -0.481 e. The zero-order valence-electron chi connectivity index (χ0n) is 12.4. The van der Waals surface area contributed by atoms with E-state index in [2.05, 4.69) is 5.10 Å². The molecule has 0 saturated carbocycles. The minimum absolute atomic E-state index is 0.0364. The van der Waals surface area contributed by atoms with Crippen LogP contribution in [0.25, 0.3) is 20.2 Å². The molecule has 6 heteroatoms. The molecular formula is C16H16N2O3S. The van der Waals surface area contributed by atoms with Gasteiger partial charge in [-0.25, -0.2) is 4.68 Å². The van der Waals surface area contributed by atoms with Crippen molar-refractivity contribution in [3.8, 4) is 0 Å². The van der Waals surface area contributed by atoms with Gasteiger partial charge in [0.05, 0.1) is 15.8 Å². The number of aliphatic carboxylic acids is 1. The SMILES string of the molecule is Cc1ccc2sc3c(C)nn(CCCC(=O)O)c(=O)c3c2c1. The molecule has 0 unspecified atom stereocenters. The third kappa shape index (κ3) is 2.50. The Labute approximate surface area is 130 Å². The number of carboxylic acids is 1. The zero-order valence-corrected chi connectivity index (χ0v) is 13.2. The summed E-state index contributed by atoms with van der Waals surface area (Å²) in [7, 11) is 0. The largest absolute Gasteiger partial charge is 0.481 e. The van der Waals surface area contributed by atoms with Gasteiger partial charge < -0.3 is 5.11 Å². The lowest BCUT2D eigenvalue weighted by molar-refractivity contribution is -0.137. The predicted molar refractivity (Wildman–Crippen MR) is 87.7 cm³/mol. The highest BCUT2D eigenvalue weighted by Crippen LogP contribution is 2.33. The van der Waals surface area contributed by atoms with Gasteiger partial charge in [-0.2, -0.15) is 5.10 Å². The van der Waals surface area contributed by atoms with Crippen LogP contribution in [-0.4, -0.2) is 20.9 Å². The summed E-state index contributed by atoms with van der Waals surface area (Å²) >= 11 is 1.58. The molecule has 2 aromatic heterocycles. The molecule has 1 aromatic carbocycles. The van der Waals surface area contributed by atoms with Gasteiger partial charge in [0.15, 0.2) is 0 Å². The zero-order chi connectivity index (χ0) is 15.9. The maximum absolute atomic E-state index is 12.7. The Hall–Kier alpha value is -2.21. The van der Waals surface area contributed by atoms with E-state index in [1.807, 2.05) is 32.0 Å². The highest BCUT2D eigenvalue weighted by Gasteiger charge is 2.14. The Balaban J connectivity index is 2.18. The fourth-order valence-corrected chi connectivity index (χ4v) is 3.73. The van der Waals surface area contributed by atoms with Crippen molar-refractivity contribution in [1.82, 2.24) is 9.78 Å². The highest BCUT2D eigenvalue weighted by molar-refractivity contribution is 7.26. The molecule has 0 fully saturated rings. The van der Waals surface area contributed by atoms with E-state index in [4.69, 9.17) is 5.11 Å². The maximum atomic E-state index is 12.7. The van der Waals surface area contributed by atoms with Crippen molar-refractivity contribution in [2.45, 2.75) is 33.2 Å². The van der Waals surface area contributed by atoms with Gasteiger partial charge in [0.25, 0.3) is 5.56 Å². The van der Waals surface area contributed by atoms with Crippen LogP contribution in [0.2, 0.25) is 0 Å². The van der Waals surface area contributed by atoms with Crippen molar-refractivity contribution in [3.05, 3.63) is 39.8 Å². The lowest BCUT2D eigenvalue weighted by atomic mass is 10.1. The molecule has 0 saturated heterocycles. The first-order valence-electron chi connectivity index (χ1n) is 7.10. The maximum Gasteiger partial charge on any atom is 0.303 e. The van der Waals surface area contributed by atoms with Crippen LogP contribution in [0.4, 0.5) is 0 Å². The molecule has 0 amide bonds. The van der Waals surface area contributed by atoms with Crippen LogP contribution in [0.15, 0.2) is 23.0 Å². The number of rotatable bonds is 4. The molecule has 0 atom stereocenters. The van der Waals surface area contributed by atoms with Gasteiger partial charge in [0.2, 0.25) is 0 Å². The van der Waals surface area contributed by atoms with Gasteiger partial charge in [-0.1, -0.05) is 11.6 Å². The third-order valence-corrected chi connectivity index (χ3v) is 4.93. The van der Waals surface area contributed by atoms with Crippen LogP contribution < -0.4 is 5.56 Å². The number of carbonyl (C=O) groups is 1. The molecule has 1 N–H and O–H groups in total. The average Bonchev–Trinajstić information content (AvgIpc) is 2.83. The summed E-state index contributed by atoms with van der Waals surface area (Å²) in [5, 5.41) is 14.7. The van der Waals surface area contributed by atoms with Gasteiger partial charge in [-0.3, -0.25) is 9.59 Å². The monoisotopic (exact) mass is 316 g/mol. The van der Waals surface area contributed by atoms with E-state index < -0.39 is 5.97 Å². The number of aromatic nitrogens is 2. The quantitative estimate of drug-likeness (QED) is 0.803. The summed E-state index contributed by atoms with van der Waals surface area (Å²) in [5.74, 6) is -0.859.